The van der Waals surface area contributed by atoms with Gasteiger partial charge in [0.1, 0.15) is 0 Å². The summed E-state index contributed by atoms with van der Waals surface area (Å²) in [6.45, 7) is 2.14. The minimum atomic E-state index is -0.234. The van der Waals surface area contributed by atoms with Crippen LogP contribution in [0.15, 0.2) is 53.1 Å². The van der Waals surface area contributed by atoms with Crippen molar-refractivity contribution >= 4 is 15.9 Å². The molecule has 1 unspecified atom stereocenters. The van der Waals surface area contributed by atoms with E-state index in [9.17, 15) is 0 Å². The van der Waals surface area contributed by atoms with Crippen LogP contribution in [-0.4, -0.2) is 10.5 Å². The predicted octanol–water partition coefficient (Wildman–Crippen LogP) is 3.74. The highest BCUT2D eigenvalue weighted by Gasteiger charge is 2.24. The van der Waals surface area contributed by atoms with Crippen molar-refractivity contribution in [1.82, 2.24) is 4.98 Å². The third-order valence-electron chi connectivity index (χ3n) is 3.42. The molecule has 1 atom stereocenters. The van der Waals surface area contributed by atoms with Crippen LogP contribution in [0.1, 0.15) is 24.6 Å². The maximum Gasteiger partial charge on any atom is 0.0422 e. The van der Waals surface area contributed by atoms with Crippen LogP contribution < -0.4 is 5.73 Å². The van der Waals surface area contributed by atoms with Crippen LogP contribution >= 0.6 is 15.9 Å². The average Bonchev–Trinajstić information content (AvgIpc) is 2.42. The fourth-order valence-corrected chi connectivity index (χ4v) is 2.42. The standard InChI is InChI=1S/C16H19BrN2/c1-2-16(18,10-13-6-4-3-5-7-13)11-15-9-8-14(17)12-19-15/h3-9,12H,2,10-11,18H2,1H3. The Balaban J connectivity index is 2.11. The molecular weight excluding hydrogens is 300 g/mol. The van der Waals surface area contributed by atoms with Crippen molar-refractivity contribution in [3.05, 3.63) is 64.4 Å². The Hall–Kier alpha value is -1.19. The molecule has 0 radical (unpaired) electrons. The minimum absolute atomic E-state index is 0.234. The third kappa shape index (κ3) is 4.15. The van der Waals surface area contributed by atoms with Crippen LogP contribution in [0.3, 0.4) is 0 Å². The molecule has 2 nitrogen and oxygen atoms in total. The highest BCUT2D eigenvalue weighted by atomic mass is 79.9. The Morgan fingerprint density at radius 2 is 1.84 bits per heavy atom. The zero-order valence-electron chi connectivity index (χ0n) is 11.1. The van der Waals surface area contributed by atoms with E-state index in [0.29, 0.717) is 0 Å². The molecular formula is C16H19BrN2. The number of rotatable bonds is 5. The third-order valence-corrected chi connectivity index (χ3v) is 3.89. The van der Waals surface area contributed by atoms with Gasteiger partial charge in [-0.25, -0.2) is 0 Å². The lowest BCUT2D eigenvalue weighted by molar-refractivity contribution is 0.400. The molecule has 0 amide bonds. The maximum atomic E-state index is 6.55. The molecule has 1 heterocycles. The van der Waals surface area contributed by atoms with E-state index in [1.807, 2.05) is 24.4 Å². The second-order valence-electron chi connectivity index (χ2n) is 5.02. The molecule has 0 aliphatic heterocycles. The molecule has 0 spiro atoms. The normalized spacial score (nSPS) is 14.1. The summed E-state index contributed by atoms with van der Waals surface area (Å²) in [6.07, 6.45) is 4.43. The molecule has 2 rings (SSSR count). The first-order chi connectivity index (χ1) is 9.11. The zero-order valence-corrected chi connectivity index (χ0v) is 12.7. The van der Waals surface area contributed by atoms with Crippen molar-refractivity contribution < 1.29 is 0 Å². The first-order valence-electron chi connectivity index (χ1n) is 6.54. The van der Waals surface area contributed by atoms with Gasteiger partial charge in [-0.3, -0.25) is 4.98 Å². The molecule has 0 aliphatic rings. The second-order valence-corrected chi connectivity index (χ2v) is 5.94. The van der Waals surface area contributed by atoms with Gasteiger partial charge in [-0.1, -0.05) is 37.3 Å². The van der Waals surface area contributed by atoms with Crippen molar-refractivity contribution in [3.8, 4) is 0 Å². The lowest BCUT2D eigenvalue weighted by atomic mass is 9.85. The Kier molecular flexibility index (Phi) is 4.72. The van der Waals surface area contributed by atoms with Crippen molar-refractivity contribution in [3.63, 3.8) is 0 Å². The summed E-state index contributed by atoms with van der Waals surface area (Å²) in [5, 5.41) is 0. The first kappa shape index (κ1) is 14.2. The number of benzene rings is 1. The van der Waals surface area contributed by atoms with Crippen LogP contribution in [0.25, 0.3) is 0 Å². The van der Waals surface area contributed by atoms with E-state index >= 15 is 0 Å². The lowest BCUT2D eigenvalue weighted by Gasteiger charge is -2.28. The number of halogens is 1. The molecule has 1 aromatic carbocycles. The predicted molar refractivity (Wildman–Crippen MR) is 83.0 cm³/mol. The smallest absolute Gasteiger partial charge is 0.0422 e. The van der Waals surface area contributed by atoms with Crippen LogP contribution in [0.2, 0.25) is 0 Å². The van der Waals surface area contributed by atoms with E-state index in [2.05, 4.69) is 52.1 Å². The quantitative estimate of drug-likeness (QED) is 0.912. The molecule has 3 heteroatoms. The van der Waals surface area contributed by atoms with E-state index in [0.717, 1.165) is 29.4 Å². The molecule has 2 N–H and O–H groups in total. The molecule has 2 aromatic rings. The Morgan fingerprint density at radius 3 is 2.42 bits per heavy atom. The van der Waals surface area contributed by atoms with Gasteiger partial charge in [0, 0.05) is 28.3 Å². The summed E-state index contributed by atoms with van der Waals surface area (Å²) in [6, 6.07) is 14.5. The number of nitrogens with two attached hydrogens (primary N) is 1. The Bertz CT molecular complexity index is 510. The molecule has 19 heavy (non-hydrogen) atoms. The highest BCUT2D eigenvalue weighted by Crippen LogP contribution is 2.20. The van der Waals surface area contributed by atoms with Crippen molar-refractivity contribution in [1.29, 1.82) is 0 Å². The second kappa shape index (κ2) is 6.31. The van der Waals surface area contributed by atoms with Gasteiger partial charge in [-0.15, -0.1) is 0 Å². The summed E-state index contributed by atoms with van der Waals surface area (Å²) < 4.78 is 0.999. The van der Waals surface area contributed by atoms with Gasteiger partial charge in [0.2, 0.25) is 0 Å². The van der Waals surface area contributed by atoms with Gasteiger partial charge in [0.25, 0.3) is 0 Å². The molecule has 0 aliphatic carbocycles. The summed E-state index contributed by atoms with van der Waals surface area (Å²) in [7, 11) is 0. The van der Waals surface area contributed by atoms with Gasteiger partial charge in [-0.2, -0.15) is 0 Å². The molecule has 0 saturated carbocycles. The molecule has 0 saturated heterocycles. The summed E-state index contributed by atoms with van der Waals surface area (Å²) >= 11 is 3.40. The molecule has 0 fully saturated rings. The van der Waals surface area contributed by atoms with E-state index < -0.39 is 0 Å². The van der Waals surface area contributed by atoms with Gasteiger partial charge >= 0.3 is 0 Å². The van der Waals surface area contributed by atoms with Crippen molar-refractivity contribution in [2.45, 2.75) is 31.7 Å². The van der Waals surface area contributed by atoms with E-state index in [-0.39, 0.29) is 5.54 Å². The van der Waals surface area contributed by atoms with Gasteiger partial charge in [0.05, 0.1) is 0 Å². The number of pyridine rings is 1. The monoisotopic (exact) mass is 318 g/mol. The topological polar surface area (TPSA) is 38.9 Å². The highest BCUT2D eigenvalue weighted by molar-refractivity contribution is 9.10. The van der Waals surface area contributed by atoms with E-state index in [1.165, 1.54) is 5.56 Å². The minimum Gasteiger partial charge on any atom is -0.324 e. The van der Waals surface area contributed by atoms with Gasteiger partial charge in [-0.05, 0) is 46.5 Å². The lowest BCUT2D eigenvalue weighted by Crippen LogP contribution is -2.43. The van der Waals surface area contributed by atoms with E-state index in [1.54, 1.807) is 0 Å². The summed E-state index contributed by atoms with van der Waals surface area (Å²) in [5.74, 6) is 0. The molecule has 1 aromatic heterocycles. The SMILES string of the molecule is CCC(N)(Cc1ccccc1)Cc1ccc(Br)cn1. The fraction of sp³-hybridized carbons (Fsp3) is 0.312. The summed E-state index contributed by atoms with van der Waals surface area (Å²) in [4.78, 5) is 4.43. The maximum absolute atomic E-state index is 6.55. The van der Waals surface area contributed by atoms with E-state index in [4.69, 9.17) is 5.73 Å². The van der Waals surface area contributed by atoms with Crippen molar-refractivity contribution in [2.75, 3.05) is 0 Å². The summed E-state index contributed by atoms with van der Waals surface area (Å²) in [5.41, 5.74) is 8.64. The van der Waals surface area contributed by atoms with Crippen LogP contribution in [0.5, 0.6) is 0 Å². The largest absolute Gasteiger partial charge is 0.324 e. The number of nitrogens with zero attached hydrogens (tertiary/aromatic N) is 1. The molecule has 100 valence electrons. The van der Waals surface area contributed by atoms with Crippen LogP contribution in [0.4, 0.5) is 0 Å². The van der Waals surface area contributed by atoms with Crippen molar-refractivity contribution in [2.24, 2.45) is 5.73 Å². The molecule has 0 bridgehead atoms. The fourth-order valence-electron chi connectivity index (χ4n) is 2.19. The number of hydrogen-bond acceptors (Lipinski definition) is 2. The van der Waals surface area contributed by atoms with Crippen LogP contribution in [-0.2, 0) is 12.8 Å². The Labute approximate surface area is 123 Å². The Morgan fingerprint density at radius 1 is 1.11 bits per heavy atom. The number of hydrogen-bond donors (Lipinski definition) is 1. The number of aromatic nitrogens is 1. The van der Waals surface area contributed by atoms with Gasteiger partial charge in [0.15, 0.2) is 0 Å². The van der Waals surface area contributed by atoms with Crippen LogP contribution in [0, 0.1) is 0 Å². The zero-order chi connectivity index (χ0) is 13.7. The first-order valence-corrected chi connectivity index (χ1v) is 7.34. The average molecular weight is 319 g/mol. The van der Waals surface area contributed by atoms with Gasteiger partial charge < -0.3 is 5.73 Å².